The van der Waals surface area contributed by atoms with Gasteiger partial charge in [-0.1, -0.05) is 35.9 Å². The van der Waals surface area contributed by atoms with Crippen molar-refractivity contribution in [3.8, 4) is 16.9 Å². The van der Waals surface area contributed by atoms with Crippen molar-refractivity contribution in [3.63, 3.8) is 0 Å². The minimum absolute atomic E-state index is 0.629. The number of anilines is 1. The molecule has 2 N–H and O–H groups in total. The topological polar surface area (TPSA) is 35.2 Å². The van der Waals surface area contributed by atoms with E-state index in [4.69, 9.17) is 22.1 Å². The van der Waals surface area contributed by atoms with Gasteiger partial charge in [0.2, 0.25) is 0 Å². The molecule has 0 radical (unpaired) electrons. The summed E-state index contributed by atoms with van der Waals surface area (Å²) in [5, 5.41) is 0.629. The molecule has 2 aromatic rings. The molecule has 0 aliphatic heterocycles. The first-order valence-corrected chi connectivity index (χ1v) is 5.28. The van der Waals surface area contributed by atoms with E-state index in [1.807, 2.05) is 36.4 Å². The molecule has 2 nitrogen and oxygen atoms in total. The average molecular weight is 234 g/mol. The van der Waals surface area contributed by atoms with Gasteiger partial charge in [-0.15, -0.1) is 0 Å². The predicted molar refractivity (Wildman–Crippen MR) is 67.9 cm³/mol. The van der Waals surface area contributed by atoms with Crippen LogP contribution in [0.5, 0.6) is 5.75 Å². The Morgan fingerprint density at radius 1 is 1.06 bits per heavy atom. The molecule has 2 rings (SSSR count). The number of hydrogen-bond acceptors (Lipinski definition) is 2. The van der Waals surface area contributed by atoms with E-state index in [1.165, 1.54) is 0 Å². The van der Waals surface area contributed by atoms with Crippen LogP contribution >= 0.6 is 11.6 Å². The molecule has 82 valence electrons. The van der Waals surface area contributed by atoms with E-state index in [0.717, 1.165) is 16.9 Å². The summed E-state index contributed by atoms with van der Waals surface area (Å²) < 4.78 is 5.30. The minimum Gasteiger partial charge on any atom is -0.496 e. The molecule has 3 heteroatoms. The molecule has 0 saturated heterocycles. The maximum absolute atomic E-state index is 6.16. The van der Waals surface area contributed by atoms with Gasteiger partial charge < -0.3 is 10.5 Å². The molecule has 0 saturated carbocycles. The lowest BCUT2D eigenvalue weighted by atomic mass is 10.0. The highest BCUT2D eigenvalue weighted by Crippen LogP contribution is 2.35. The Kier molecular flexibility index (Phi) is 3.02. The normalized spacial score (nSPS) is 10.1. The van der Waals surface area contributed by atoms with Gasteiger partial charge in [-0.2, -0.15) is 0 Å². The molecular formula is C13H12ClNO. The Morgan fingerprint density at radius 2 is 1.81 bits per heavy atom. The monoisotopic (exact) mass is 233 g/mol. The van der Waals surface area contributed by atoms with E-state index < -0.39 is 0 Å². The molecule has 0 aliphatic carbocycles. The molecule has 0 heterocycles. The van der Waals surface area contributed by atoms with Crippen molar-refractivity contribution in [2.75, 3.05) is 12.8 Å². The van der Waals surface area contributed by atoms with Gasteiger partial charge in [0, 0.05) is 16.8 Å². The Balaban J connectivity index is 2.58. The highest BCUT2D eigenvalue weighted by atomic mass is 35.5. The molecule has 0 atom stereocenters. The number of nitrogens with two attached hydrogens (primary N) is 1. The molecule has 0 spiro atoms. The maximum atomic E-state index is 6.16. The van der Waals surface area contributed by atoms with E-state index in [2.05, 4.69) is 0 Å². The third-order valence-corrected chi connectivity index (χ3v) is 2.70. The lowest BCUT2D eigenvalue weighted by Crippen LogP contribution is -1.89. The molecule has 0 aromatic heterocycles. The maximum Gasteiger partial charge on any atom is 0.126 e. The zero-order chi connectivity index (χ0) is 11.5. The van der Waals surface area contributed by atoms with E-state index in [1.54, 1.807) is 13.2 Å². The summed E-state index contributed by atoms with van der Waals surface area (Å²) >= 11 is 6.16. The smallest absolute Gasteiger partial charge is 0.126 e. The number of para-hydroxylation sites is 1. The third-order valence-electron chi connectivity index (χ3n) is 2.39. The van der Waals surface area contributed by atoms with E-state index >= 15 is 0 Å². The van der Waals surface area contributed by atoms with E-state index in [0.29, 0.717) is 10.7 Å². The standard InChI is InChI=1S/C13H12ClNO/c1-16-13-5-3-2-4-11(13)10-7-6-9(15)8-12(10)14/h2-8H,15H2,1H3. The van der Waals surface area contributed by atoms with Crippen molar-refractivity contribution in [1.82, 2.24) is 0 Å². The molecule has 0 fully saturated rings. The van der Waals surface area contributed by atoms with Crippen LogP contribution in [0.25, 0.3) is 11.1 Å². The van der Waals surface area contributed by atoms with Crippen LogP contribution in [0.3, 0.4) is 0 Å². The van der Waals surface area contributed by atoms with Gasteiger partial charge in [0.25, 0.3) is 0 Å². The van der Waals surface area contributed by atoms with Crippen LogP contribution in [0, 0.1) is 0 Å². The lowest BCUT2D eigenvalue weighted by molar-refractivity contribution is 0.416. The second-order valence-corrected chi connectivity index (χ2v) is 3.85. The largest absolute Gasteiger partial charge is 0.496 e. The van der Waals surface area contributed by atoms with E-state index in [9.17, 15) is 0 Å². The number of rotatable bonds is 2. The first kappa shape index (κ1) is 10.8. The fourth-order valence-electron chi connectivity index (χ4n) is 1.62. The van der Waals surface area contributed by atoms with Crippen molar-refractivity contribution >= 4 is 17.3 Å². The SMILES string of the molecule is COc1ccccc1-c1ccc(N)cc1Cl. The van der Waals surface area contributed by atoms with Crippen LogP contribution in [0.1, 0.15) is 0 Å². The van der Waals surface area contributed by atoms with Gasteiger partial charge >= 0.3 is 0 Å². The average Bonchev–Trinajstić information content (AvgIpc) is 2.29. The fraction of sp³-hybridized carbons (Fsp3) is 0.0769. The van der Waals surface area contributed by atoms with Crippen LogP contribution in [0.15, 0.2) is 42.5 Å². The molecule has 0 amide bonds. The summed E-state index contributed by atoms with van der Waals surface area (Å²) in [4.78, 5) is 0. The second-order valence-electron chi connectivity index (χ2n) is 3.44. The number of halogens is 1. The first-order valence-electron chi connectivity index (χ1n) is 4.91. The predicted octanol–water partition coefficient (Wildman–Crippen LogP) is 3.60. The Hall–Kier alpha value is -1.67. The molecule has 16 heavy (non-hydrogen) atoms. The van der Waals surface area contributed by atoms with Crippen molar-refractivity contribution in [3.05, 3.63) is 47.5 Å². The number of hydrogen-bond donors (Lipinski definition) is 1. The fourth-order valence-corrected chi connectivity index (χ4v) is 1.91. The molecule has 0 bridgehead atoms. The third kappa shape index (κ3) is 1.97. The Morgan fingerprint density at radius 3 is 2.50 bits per heavy atom. The number of methoxy groups -OCH3 is 1. The summed E-state index contributed by atoms with van der Waals surface area (Å²) in [5.74, 6) is 0.800. The van der Waals surface area contributed by atoms with Gasteiger partial charge in [-0.3, -0.25) is 0 Å². The zero-order valence-corrected chi connectivity index (χ0v) is 9.66. The quantitative estimate of drug-likeness (QED) is 0.805. The van der Waals surface area contributed by atoms with Crippen LogP contribution in [0.2, 0.25) is 5.02 Å². The van der Waals surface area contributed by atoms with Crippen LogP contribution in [-0.2, 0) is 0 Å². The summed E-state index contributed by atoms with van der Waals surface area (Å²) in [7, 11) is 1.64. The molecular weight excluding hydrogens is 222 g/mol. The number of benzene rings is 2. The van der Waals surface area contributed by atoms with Crippen molar-refractivity contribution in [1.29, 1.82) is 0 Å². The van der Waals surface area contributed by atoms with Crippen LogP contribution in [-0.4, -0.2) is 7.11 Å². The Labute approximate surface area is 99.6 Å². The minimum atomic E-state index is 0.629. The van der Waals surface area contributed by atoms with Gasteiger partial charge in [-0.25, -0.2) is 0 Å². The van der Waals surface area contributed by atoms with Crippen LogP contribution in [0.4, 0.5) is 5.69 Å². The van der Waals surface area contributed by atoms with Crippen molar-refractivity contribution in [2.45, 2.75) is 0 Å². The van der Waals surface area contributed by atoms with Gasteiger partial charge in [-0.05, 0) is 18.2 Å². The number of nitrogen functional groups attached to an aromatic ring is 1. The summed E-state index contributed by atoms with van der Waals surface area (Å²) in [6, 6.07) is 13.2. The van der Waals surface area contributed by atoms with Crippen molar-refractivity contribution < 1.29 is 4.74 Å². The van der Waals surface area contributed by atoms with Gasteiger partial charge in [0.1, 0.15) is 5.75 Å². The second kappa shape index (κ2) is 4.45. The highest BCUT2D eigenvalue weighted by molar-refractivity contribution is 6.33. The van der Waals surface area contributed by atoms with Crippen molar-refractivity contribution in [2.24, 2.45) is 0 Å². The number of ether oxygens (including phenoxy) is 1. The van der Waals surface area contributed by atoms with E-state index in [-0.39, 0.29) is 0 Å². The lowest BCUT2D eigenvalue weighted by Gasteiger charge is -2.10. The zero-order valence-electron chi connectivity index (χ0n) is 8.91. The summed E-state index contributed by atoms with van der Waals surface area (Å²) in [6.07, 6.45) is 0. The van der Waals surface area contributed by atoms with Crippen LogP contribution < -0.4 is 10.5 Å². The van der Waals surface area contributed by atoms with Gasteiger partial charge in [0.05, 0.1) is 12.1 Å². The first-order chi connectivity index (χ1) is 7.72. The molecule has 0 unspecified atom stereocenters. The Bertz CT molecular complexity index is 511. The highest BCUT2D eigenvalue weighted by Gasteiger charge is 2.08. The summed E-state index contributed by atoms with van der Waals surface area (Å²) in [5.41, 5.74) is 8.21. The van der Waals surface area contributed by atoms with Gasteiger partial charge in [0.15, 0.2) is 0 Å². The molecule has 2 aromatic carbocycles. The molecule has 0 aliphatic rings. The summed E-state index contributed by atoms with van der Waals surface area (Å²) in [6.45, 7) is 0.